The average molecular weight is 290 g/mol. The zero-order valence-corrected chi connectivity index (χ0v) is 11.7. The Bertz CT molecular complexity index is 780. The van der Waals surface area contributed by atoms with Crippen molar-refractivity contribution < 1.29 is 0 Å². The van der Waals surface area contributed by atoms with E-state index in [0.29, 0.717) is 16.8 Å². The van der Waals surface area contributed by atoms with Crippen LogP contribution in [0.1, 0.15) is 5.69 Å². The summed E-state index contributed by atoms with van der Waals surface area (Å²) in [6.45, 7) is 1.95. The molecule has 1 aromatic carbocycles. The van der Waals surface area contributed by atoms with E-state index in [4.69, 9.17) is 0 Å². The Hall–Kier alpha value is -1.73. The third kappa shape index (κ3) is 2.52. The summed E-state index contributed by atoms with van der Waals surface area (Å²) < 4.78 is 2.29. The molecule has 0 unspecified atom stereocenters. The molecule has 2 heterocycles. The first-order valence-electron chi connectivity index (χ1n) is 5.61. The smallest absolute Gasteiger partial charge is 0.267 e. The van der Waals surface area contributed by atoms with Gasteiger partial charge in [0.1, 0.15) is 5.52 Å². The fraction of sp³-hybridized carbons (Fsp3) is 0.167. The first kappa shape index (κ1) is 12.3. The molecule has 19 heavy (non-hydrogen) atoms. The Morgan fingerprint density at radius 3 is 3.00 bits per heavy atom. The summed E-state index contributed by atoms with van der Waals surface area (Å²) in [5, 5.41) is 10.6. The van der Waals surface area contributed by atoms with Gasteiger partial charge in [0.2, 0.25) is 0 Å². The molecular weight excluding hydrogens is 280 g/mol. The normalized spacial score (nSPS) is 11.0. The van der Waals surface area contributed by atoms with Gasteiger partial charge in [-0.1, -0.05) is 29.1 Å². The molecule has 0 radical (unpaired) electrons. The van der Waals surface area contributed by atoms with E-state index in [0.717, 1.165) is 10.0 Å². The van der Waals surface area contributed by atoms with Crippen molar-refractivity contribution in [2.24, 2.45) is 0 Å². The summed E-state index contributed by atoms with van der Waals surface area (Å²) in [6, 6.07) is 7.22. The molecule has 0 fully saturated rings. The Morgan fingerprint density at radius 2 is 2.21 bits per heavy atom. The van der Waals surface area contributed by atoms with Crippen molar-refractivity contribution in [1.82, 2.24) is 20.0 Å². The summed E-state index contributed by atoms with van der Waals surface area (Å²) in [5.74, 6) is 0.420. The molecule has 0 spiro atoms. The molecule has 0 amide bonds. The van der Waals surface area contributed by atoms with Crippen LogP contribution in [0.15, 0.2) is 38.8 Å². The summed E-state index contributed by atoms with van der Waals surface area (Å²) in [5.41, 5.74) is 1.50. The highest BCUT2D eigenvalue weighted by molar-refractivity contribution is 8.00. The van der Waals surface area contributed by atoms with Crippen molar-refractivity contribution in [3.8, 4) is 0 Å². The topological polar surface area (TPSA) is 60.7 Å². The number of aromatic nitrogens is 4. The lowest BCUT2D eigenvalue weighted by molar-refractivity contribution is 0.645. The lowest BCUT2D eigenvalue weighted by Gasteiger charge is -2.02. The minimum Gasteiger partial charge on any atom is -0.267 e. The van der Waals surface area contributed by atoms with Crippen LogP contribution in [0.2, 0.25) is 0 Å². The molecule has 0 atom stereocenters. The van der Waals surface area contributed by atoms with Crippen LogP contribution in [0.4, 0.5) is 0 Å². The number of thiazole rings is 1. The van der Waals surface area contributed by atoms with Gasteiger partial charge < -0.3 is 0 Å². The maximum Gasteiger partial charge on any atom is 0.278 e. The molecule has 96 valence electrons. The van der Waals surface area contributed by atoms with E-state index < -0.39 is 0 Å². The van der Waals surface area contributed by atoms with Gasteiger partial charge in [0.25, 0.3) is 5.56 Å². The molecule has 0 N–H and O–H groups in total. The number of hydrogen-bond acceptors (Lipinski definition) is 6. The van der Waals surface area contributed by atoms with Crippen molar-refractivity contribution in [3.05, 3.63) is 45.7 Å². The number of fused-ring (bicyclic) bond motifs is 1. The average Bonchev–Trinajstić information content (AvgIpc) is 2.84. The van der Waals surface area contributed by atoms with Crippen molar-refractivity contribution >= 4 is 34.0 Å². The summed E-state index contributed by atoms with van der Waals surface area (Å²) in [4.78, 5) is 16.5. The van der Waals surface area contributed by atoms with Crippen LogP contribution < -0.4 is 5.56 Å². The zero-order valence-electron chi connectivity index (χ0n) is 10.1. The third-order valence-corrected chi connectivity index (χ3v) is 4.64. The van der Waals surface area contributed by atoms with Crippen LogP contribution >= 0.6 is 23.1 Å². The number of hydrogen-bond donors (Lipinski definition) is 0. The molecule has 0 aliphatic carbocycles. The van der Waals surface area contributed by atoms with Gasteiger partial charge in [0.05, 0.1) is 11.3 Å². The fourth-order valence-electron chi connectivity index (χ4n) is 1.62. The van der Waals surface area contributed by atoms with Gasteiger partial charge in [0, 0.05) is 11.1 Å². The Morgan fingerprint density at radius 1 is 1.37 bits per heavy atom. The maximum atomic E-state index is 12.2. The van der Waals surface area contributed by atoms with Crippen molar-refractivity contribution in [1.29, 1.82) is 0 Å². The molecule has 0 aliphatic rings. The van der Waals surface area contributed by atoms with Gasteiger partial charge >= 0.3 is 0 Å². The second-order valence-corrected chi connectivity index (χ2v) is 5.99. The van der Waals surface area contributed by atoms with Crippen LogP contribution in [-0.2, 0) is 5.88 Å². The van der Waals surface area contributed by atoms with E-state index in [1.54, 1.807) is 23.5 Å². The maximum absolute atomic E-state index is 12.2. The highest BCUT2D eigenvalue weighted by Crippen LogP contribution is 2.22. The predicted molar refractivity (Wildman–Crippen MR) is 76.5 cm³/mol. The Kier molecular flexibility index (Phi) is 3.31. The molecule has 0 aliphatic heterocycles. The third-order valence-electron chi connectivity index (χ3n) is 2.54. The van der Waals surface area contributed by atoms with E-state index in [2.05, 4.69) is 15.3 Å². The molecule has 0 bridgehead atoms. The molecule has 5 nitrogen and oxygen atoms in total. The van der Waals surface area contributed by atoms with Crippen LogP contribution in [0.25, 0.3) is 10.9 Å². The Balaban J connectivity index is 1.89. The van der Waals surface area contributed by atoms with Crippen LogP contribution in [0.3, 0.4) is 0 Å². The fourth-order valence-corrected chi connectivity index (χ4v) is 3.33. The van der Waals surface area contributed by atoms with Crippen LogP contribution in [0, 0.1) is 6.92 Å². The van der Waals surface area contributed by atoms with E-state index in [9.17, 15) is 4.79 Å². The SMILES string of the molecule is Cc1csc(SCn2nnc3ccccc3c2=O)n1. The quantitative estimate of drug-likeness (QED) is 0.693. The molecule has 3 rings (SSSR count). The molecule has 0 saturated heterocycles. The standard InChI is InChI=1S/C12H10N4OS2/c1-8-6-18-12(13-8)19-7-16-11(17)9-4-2-3-5-10(9)14-15-16/h2-6H,7H2,1H3. The monoisotopic (exact) mass is 290 g/mol. The van der Waals surface area contributed by atoms with Gasteiger partial charge in [-0.2, -0.15) is 4.68 Å². The molecular formula is C12H10N4OS2. The number of nitrogens with zero attached hydrogens (tertiary/aromatic N) is 4. The highest BCUT2D eigenvalue weighted by atomic mass is 32.2. The lowest BCUT2D eigenvalue weighted by Crippen LogP contribution is -2.23. The number of aryl methyl sites for hydroxylation is 1. The van der Waals surface area contributed by atoms with Gasteiger partial charge in [-0.15, -0.1) is 16.4 Å². The van der Waals surface area contributed by atoms with E-state index in [-0.39, 0.29) is 5.56 Å². The number of thioether (sulfide) groups is 1. The highest BCUT2D eigenvalue weighted by Gasteiger charge is 2.06. The largest absolute Gasteiger partial charge is 0.278 e. The molecule has 7 heteroatoms. The van der Waals surface area contributed by atoms with E-state index >= 15 is 0 Å². The van der Waals surface area contributed by atoms with Crippen LogP contribution in [0.5, 0.6) is 0 Å². The molecule has 0 saturated carbocycles. The summed E-state index contributed by atoms with van der Waals surface area (Å²) in [7, 11) is 0. The van der Waals surface area contributed by atoms with Crippen LogP contribution in [-0.4, -0.2) is 20.0 Å². The number of rotatable bonds is 3. The van der Waals surface area contributed by atoms with Crippen molar-refractivity contribution in [2.75, 3.05) is 0 Å². The molecule has 3 aromatic rings. The Labute approximate surface area is 117 Å². The minimum atomic E-state index is -0.119. The second kappa shape index (κ2) is 5.10. The van der Waals surface area contributed by atoms with Gasteiger partial charge in [-0.05, 0) is 19.1 Å². The molecule has 2 aromatic heterocycles. The van der Waals surface area contributed by atoms with E-state index in [1.807, 2.05) is 24.4 Å². The van der Waals surface area contributed by atoms with Gasteiger partial charge in [0.15, 0.2) is 4.34 Å². The first-order chi connectivity index (χ1) is 9.24. The first-order valence-corrected chi connectivity index (χ1v) is 7.48. The van der Waals surface area contributed by atoms with Gasteiger partial charge in [-0.25, -0.2) is 4.98 Å². The number of benzene rings is 1. The van der Waals surface area contributed by atoms with E-state index in [1.165, 1.54) is 16.4 Å². The summed E-state index contributed by atoms with van der Waals surface area (Å²) in [6.07, 6.45) is 0. The van der Waals surface area contributed by atoms with Gasteiger partial charge in [-0.3, -0.25) is 4.79 Å². The van der Waals surface area contributed by atoms with Crippen molar-refractivity contribution in [2.45, 2.75) is 17.1 Å². The van der Waals surface area contributed by atoms with Crippen molar-refractivity contribution in [3.63, 3.8) is 0 Å². The lowest BCUT2D eigenvalue weighted by atomic mass is 10.2. The summed E-state index contributed by atoms with van der Waals surface area (Å²) >= 11 is 3.05. The predicted octanol–water partition coefficient (Wildman–Crippen LogP) is 2.31. The zero-order chi connectivity index (χ0) is 13.2. The minimum absolute atomic E-state index is 0.119. The second-order valence-electron chi connectivity index (χ2n) is 3.94.